The van der Waals surface area contributed by atoms with Crippen LogP contribution in [0.3, 0.4) is 0 Å². The van der Waals surface area contributed by atoms with E-state index >= 15 is 0 Å². The fraction of sp³-hybridized carbons (Fsp3) is 0.500. The van der Waals surface area contributed by atoms with Crippen molar-refractivity contribution < 1.29 is 4.79 Å². The Morgan fingerprint density at radius 3 is 2.90 bits per heavy atom. The van der Waals surface area contributed by atoms with Gasteiger partial charge in [-0.2, -0.15) is 0 Å². The van der Waals surface area contributed by atoms with Gasteiger partial charge in [-0.15, -0.1) is 0 Å². The molecule has 21 heavy (non-hydrogen) atoms. The molecule has 2 rings (SSSR count). The number of carbonyl (C=O) groups is 1. The minimum atomic E-state index is 0.188. The summed E-state index contributed by atoms with van der Waals surface area (Å²) in [5.74, 6) is 0.678. The first kappa shape index (κ1) is 15.6. The molecule has 1 N–H and O–H groups in total. The number of aryl methyl sites for hydroxylation is 1. The molecule has 3 nitrogen and oxygen atoms in total. The number of rotatable bonds is 8. The molecule has 1 amide bonds. The number of hydrogen-bond donors (Lipinski definition) is 1. The second kappa shape index (κ2) is 7.87. The molecule has 0 aliphatic heterocycles. The molecule has 1 aromatic carbocycles. The third kappa shape index (κ3) is 4.62. The van der Waals surface area contributed by atoms with E-state index in [0.29, 0.717) is 12.3 Å². The van der Waals surface area contributed by atoms with Crippen LogP contribution in [0.15, 0.2) is 36.5 Å². The van der Waals surface area contributed by atoms with Gasteiger partial charge in [-0.05, 0) is 29.9 Å². The average Bonchev–Trinajstić information content (AvgIpc) is 2.87. The number of nitrogens with one attached hydrogen (secondary N) is 1. The lowest BCUT2D eigenvalue weighted by Crippen LogP contribution is -2.26. The largest absolute Gasteiger partial charge is 0.356 e. The Balaban J connectivity index is 1.71. The molecule has 2 aromatic rings. The van der Waals surface area contributed by atoms with E-state index in [4.69, 9.17) is 0 Å². The van der Waals surface area contributed by atoms with Gasteiger partial charge in [0.2, 0.25) is 5.91 Å². The zero-order chi connectivity index (χ0) is 15.1. The number of para-hydroxylation sites is 1. The summed E-state index contributed by atoms with van der Waals surface area (Å²) in [6, 6.07) is 10.5. The van der Waals surface area contributed by atoms with E-state index in [1.54, 1.807) is 0 Å². The van der Waals surface area contributed by atoms with Gasteiger partial charge in [-0.1, -0.05) is 44.9 Å². The van der Waals surface area contributed by atoms with E-state index in [1.165, 1.54) is 10.9 Å². The molecule has 1 aromatic heterocycles. The van der Waals surface area contributed by atoms with Gasteiger partial charge in [0.25, 0.3) is 0 Å². The van der Waals surface area contributed by atoms with Gasteiger partial charge in [-0.25, -0.2) is 0 Å². The molecule has 1 heterocycles. The van der Waals surface area contributed by atoms with Crippen LogP contribution < -0.4 is 5.32 Å². The van der Waals surface area contributed by atoms with Crippen molar-refractivity contribution in [1.82, 2.24) is 9.88 Å². The smallest absolute Gasteiger partial charge is 0.220 e. The maximum atomic E-state index is 11.8. The summed E-state index contributed by atoms with van der Waals surface area (Å²) in [7, 11) is 0. The van der Waals surface area contributed by atoms with Gasteiger partial charge in [0.1, 0.15) is 0 Å². The highest BCUT2D eigenvalue weighted by Gasteiger charge is 2.07. The standard InChI is InChI=1S/C18H26N2O/c1-3-7-15(2)14-18(21)19-11-6-12-20-13-10-16-8-4-5-9-17(16)20/h4-5,8-10,13,15H,3,6-7,11-12,14H2,1-2H3,(H,19,21). The number of nitrogens with zero attached hydrogens (tertiary/aromatic N) is 1. The number of aromatic nitrogens is 1. The Labute approximate surface area is 127 Å². The summed E-state index contributed by atoms with van der Waals surface area (Å²) >= 11 is 0. The van der Waals surface area contributed by atoms with Crippen molar-refractivity contribution in [3.8, 4) is 0 Å². The van der Waals surface area contributed by atoms with Crippen molar-refractivity contribution in [3.63, 3.8) is 0 Å². The molecule has 0 aliphatic carbocycles. The van der Waals surface area contributed by atoms with Gasteiger partial charge in [0.15, 0.2) is 0 Å². The molecule has 0 radical (unpaired) electrons. The van der Waals surface area contributed by atoms with Crippen LogP contribution in [0.5, 0.6) is 0 Å². The van der Waals surface area contributed by atoms with Gasteiger partial charge in [0, 0.05) is 31.2 Å². The van der Waals surface area contributed by atoms with Crippen molar-refractivity contribution in [3.05, 3.63) is 36.5 Å². The van der Waals surface area contributed by atoms with E-state index in [1.807, 2.05) is 0 Å². The van der Waals surface area contributed by atoms with Gasteiger partial charge in [0.05, 0.1) is 0 Å². The van der Waals surface area contributed by atoms with Crippen molar-refractivity contribution in [2.45, 2.75) is 46.1 Å². The van der Waals surface area contributed by atoms with E-state index in [0.717, 1.165) is 32.4 Å². The van der Waals surface area contributed by atoms with Crippen molar-refractivity contribution in [2.75, 3.05) is 6.54 Å². The molecule has 114 valence electrons. The molecule has 0 saturated carbocycles. The number of carbonyl (C=O) groups excluding carboxylic acids is 1. The lowest BCUT2D eigenvalue weighted by Gasteiger charge is -2.11. The predicted octanol–water partition coefficient (Wildman–Crippen LogP) is 3.97. The zero-order valence-corrected chi connectivity index (χ0v) is 13.1. The second-order valence-corrected chi connectivity index (χ2v) is 5.87. The highest BCUT2D eigenvalue weighted by Crippen LogP contribution is 2.15. The average molecular weight is 286 g/mol. The monoisotopic (exact) mass is 286 g/mol. The van der Waals surface area contributed by atoms with Crippen LogP contribution in [0.4, 0.5) is 0 Å². The fourth-order valence-corrected chi connectivity index (χ4v) is 2.80. The van der Waals surface area contributed by atoms with Gasteiger partial charge < -0.3 is 9.88 Å². The van der Waals surface area contributed by atoms with Crippen molar-refractivity contribution >= 4 is 16.8 Å². The number of benzene rings is 1. The topological polar surface area (TPSA) is 34.0 Å². The molecule has 3 heteroatoms. The van der Waals surface area contributed by atoms with Gasteiger partial charge in [-0.3, -0.25) is 4.79 Å². The first-order chi connectivity index (χ1) is 10.2. The molecule has 1 atom stereocenters. The van der Waals surface area contributed by atoms with Crippen LogP contribution in [0.25, 0.3) is 10.9 Å². The minimum Gasteiger partial charge on any atom is -0.356 e. The van der Waals surface area contributed by atoms with E-state index in [9.17, 15) is 4.79 Å². The molecular formula is C18H26N2O. The van der Waals surface area contributed by atoms with Crippen LogP contribution in [0.2, 0.25) is 0 Å². The fourth-order valence-electron chi connectivity index (χ4n) is 2.80. The molecule has 0 aliphatic rings. The highest BCUT2D eigenvalue weighted by atomic mass is 16.1. The molecule has 0 spiro atoms. The third-order valence-corrected chi connectivity index (χ3v) is 3.89. The van der Waals surface area contributed by atoms with E-state index in [2.05, 4.69) is 60.3 Å². The molecule has 0 bridgehead atoms. The molecule has 0 fully saturated rings. The van der Waals surface area contributed by atoms with Crippen LogP contribution in [-0.2, 0) is 11.3 Å². The normalized spacial score (nSPS) is 12.5. The Morgan fingerprint density at radius 2 is 2.10 bits per heavy atom. The summed E-state index contributed by atoms with van der Waals surface area (Å²) in [4.78, 5) is 11.8. The maximum Gasteiger partial charge on any atom is 0.220 e. The first-order valence-electron chi connectivity index (χ1n) is 8.01. The Morgan fingerprint density at radius 1 is 1.29 bits per heavy atom. The second-order valence-electron chi connectivity index (χ2n) is 5.87. The van der Waals surface area contributed by atoms with Crippen LogP contribution >= 0.6 is 0 Å². The number of amides is 1. The lowest BCUT2D eigenvalue weighted by atomic mass is 10.0. The minimum absolute atomic E-state index is 0.188. The Bertz CT molecular complexity index is 573. The number of hydrogen-bond acceptors (Lipinski definition) is 1. The van der Waals surface area contributed by atoms with Crippen LogP contribution in [0.1, 0.15) is 39.5 Å². The van der Waals surface area contributed by atoms with Crippen molar-refractivity contribution in [2.24, 2.45) is 5.92 Å². The number of fused-ring (bicyclic) bond motifs is 1. The quantitative estimate of drug-likeness (QED) is 0.732. The van der Waals surface area contributed by atoms with E-state index in [-0.39, 0.29) is 5.91 Å². The Hall–Kier alpha value is -1.77. The summed E-state index contributed by atoms with van der Waals surface area (Å²) in [5.41, 5.74) is 1.26. The molecule has 1 unspecified atom stereocenters. The Kier molecular flexibility index (Phi) is 5.85. The van der Waals surface area contributed by atoms with Crippen molar-refractivity contribution in [1.29, 1.82) is 0 Å². The SMILES string of the molecule is CCCC(C)CC(=O)NCCCn1ccc2ccccc21. The van der Waals surface area contributed by atoms with Crippen LogP contribution in [-0.4, -0.2) is 17.0 Å². The summed E-state index contributed by atoms with van der Waals surface area (Å²) < 4.78 is 2.25. The van der Waals surface area contributed by atoms with E-state index < -0.39 is 0 Å². The summed E-state index contributed by atoms with van der Waals surface area (Å²) in [5, 5.41) is 4.30. The van der Waals surface area contributed by atoms with Crippen LogP contribution in [0, 0.1) is 5.92 Å². The first-order valence-corrected chi connectivity index (χ1v) is 8.01. The van der Waals surface area contributed by atoms with Gasteiger partial charge >= 0.3 is 0 Å². The third-order valence-electron chi connectivity index (χ3n) is 3.89. The zero-order valence-electron chi connectivity index (χ0n) is 13.1. The maximum absolute atomic E-state index is 11.8. The summed E-state index contributed by atoms with van der Waals surface area (Å²) in [6.07, 6.45) is 6.01. The molecular weight excluding hydrogens is 260 g/mol. The lowest BCUT2D eigenvalue weighted by molar-refractivity contribution is -0.121. The highest BCUT2D eigenvalue weighted by molar-refractivity contribution is 5.79. The predicted molar refractivity (Wildman–Crippen MR) is 88.3 cm³/mol. The molecule has 0 saturated heterocycles. The summed E-state index contributed by atoms with van der Waals surface area (Å²) in [6.45, 7) is 6.01.